The maximum atomic E-state index is 12.7. The van der Waals surface area contributed by atoms with Crippen molar-refractivity contribution in [3.8, 4) is 11.5 Å². The number of hydrogen-bond donors (Lipinski definition) is 1. The van der Waals surface area contributed by atoms with E-state index in [9.17, 15) is 4.79 Å². The molecule has 7 nitrogen and oxygen atoms in total. The Bertz CT molecular complexity index is 1240. The quantitative estimate of drug-likeness (QED) is 0.449. The molecule has 1 aliphatic rings. The van der Waals surface area contributed by atoms with Gasteiger partial charge in [-0.2, -0.15) is 0 Å². The van der Waals surface area contributed by atoms with Crippen LogP contribution in [0.15, 0.2) is 59.1 Å². The van der Waals surface area contributed by atoms with Gasteiger partial charge in [0.15, 0.2) is 0 Å². The van der Waals surface area contributed by atoms with Crippen molar-refractivity contribution in [1.82, 2.24) is 19.7 Å². The highest BCUT2D eigenvalue weighted by Crippen LogP contribution is 2.30. The van der Waals surface area contributed by atoms with Gasteiger partial charge in [-0.3, -0.25) is 9.69 Å². The van der Waals surface area contributed by atoms with Gasteiger partial charge in [0.25, 0.3) is 0 Å². The third-order valence-corrected chi connectivity index (χ3v) is 5.95. The standard InChI is InChI=1S/C24H24ClN5O2/c25-17-7-6-8-18(13-17)26-22(31)15-30-14-20(19-9-2-3-10-21(19)30)24-28-27-23(32-24)16-29-11-4-1-5-12-29/h2-3,6-10,13-14H,1,4-5,11-12,15-16H2,(H,26,31). The number of para-hydroxylation sites is 1. The molecule has 0 radical (unpaired) electrons. The van der Waals surface area contributed by atoms with E-state index in [0.29, 0.717) is 29.0 Å². The lowest BCUT2D eigenvalue weighted by Gasteiger charge is -2.24. The van der Waals surface area contributed by atoms with Gasteiger partial charge in [-0.15, -0.1) is 10.2 Å². The molecule has 3 heterocycles. The van der Waals surface area contributed by atoms with E-state index in [1.807, 2.05) is 41.1 Å². The lowest BCUT2D eigenvalue weighted by molar-refractivity contribution is -0.116. The highest BCUT2D eigenvalue weighted by molar-refractivity contribution is 6.30. The Hall–Kier alpha value is -3.16. The monoisotopic (exact) mass is 449 g/mol. The number of rotatable bonds is 6. The van der Waals surface area contributed by atoms with Crippen molar-refractivity contribution in [3.63, 3.8) is 0 Å². The van der Waals surface area contributed by atoms with Gasteiger partial charge < -0.3 is 14.3 Å². The van der Waals surface area contributed by atoms with Crippen LogP contribution in [-0.4, -0.2) is 38.7 Å². The number of likely N-dealkylation sites (tertiary alicyclic amines) is 1. The predicted molar refractivity (Wildman–Crippen MR) is 124 cm³/mol. The fraction of sp³-hybridized carbons (Fsp3) is 0.292. The zero-order valence-corrected chi connectivity index (χ0v) is 18.4. The van der Waals surface area contributed by atoms with Crippen molar-refractivity contribution in [3.05, 3.63) is 65.6 Å². The second-order valence-electron chi connectivity index (χ2n) is 8.08. The van der Waals surface area contributed by atoms with Crippen LogP contribution >= 0.6 is 11.6 Å². The van der Waals surface area contributed by atoms with Crippen molar-refractivity contribution in [2.45, 2.75) is 32.4 Å². The number of fused-ring (bicyclic) bond motifs is 1. The lowest BCUT2D eigenvalue weighted by atomic mass is 10.1. The summed E-state index contributed by atoms with van der Waals surface area (Å²) in [6.07, 6.45) is 5.62. The molecule has 0 bridgehead atoms. The van der Waals surface area contributed by atoms with E-state index in [1.165, 1.54) is 19.3 Å². The Morgan fingerprint density at radius 2 is 1.91 bits per heavy atom. The molecule has 0 atom stereocenters. The Labute approximate surface area is 191 Å². The van der Waals surface area contributed by atoms with E-state index in [0.717, 1.165) is 29.6 Å². The summed E-state index contributed by atoms with van der Waals surface area (Å²) in [7, 11) is 0. The van der Waals surface area contributed by atoms with Crippen LogP contribution < -0.4 is 5.32 Å². The Kier molecular flexibility index (Phi) is 5.92. The van der Waals surface area contributed by atoms with Crippen LogP contribution in [0, 0.1) is 0 Å². The molecule has 1 aliphatic heterocycles. The molecule has 164 valence electrons. The zero-order chi connectivity index (χ0) is 21.9. The minimum atomic E-state index is -0.143. The number of nitrogens with one attached hydrogen (secondary N) is 1. The SMILES string of the molecule is O=C(Cn1cc(-c2nnc(CN3CCCCC3)o2)c2ccccc21)Nc1cccc(Cl)c1. The van der Waals surface area contributed by atoms with Gasteiger partial charge in [-0.1, -0.05) is 42.3 Å². The molecule has 1 amide bonds. The first-order chi connectivity index (χ1) is 15.7. The first-order valence-electron chi connectivity index (χ1n) is 10.8. The molecule has 5 rings (SSSR count). The van der Waals surface area contributed by atoms with E-state index < -0.39 is 0 Å². The van der Waals surface area contributed by atoms with Crippen LogP contribution in [0.5, 0.6) is 0 Å². The van der Waals surface area contributed by atoms with Gasteiger partial charge in [0.1, 0.15) is 6.54 Å². The molecular weight excluding hydrogens is 426 g/mol. The molecule has 0 spiro atoms. The minimum Gasteiger partial charge on any atom is -0.419 e. The third-order valence-electron chi connectivity index (χ3n) is 5.72. The molecule has 4 aromatic rings. The number of piperidine rings is 1. The maximum Gasteiger partial charge on any atom is 0.249 e. The average molecular weight is 450 g/mol. The summed E-state index contributed by atoms with van der Waals surface area (Å²) in [4.78, 5) is 15.0. The Morgan fingerprint density at radius 1 is 1.06 bits per heavy atom. The summed E-state index contributed by atoms with van der Waals surface area (Å²) < 4.78 is 7.92. The molecule has 32 heavy (non-hydrogen) atoms. The predicted octanol–water partition coefficient (Wildman–Crippen LogP) is 4.97. The van der Waals surface area contributed by atoms with Crippen molar-refractivity contribution in [2.24, 2.45) is 0 Å². The van der Waals surface area contributed by atoms with Gasteiger partial charge in [0, 0.05) is 27.8 Å². The number of nitrogens with zero attached hydrogens (tertiary/aromatic N) is 4. The number of hydrogen-bond acceptors (Lipinski definition) is 5. The first-order valence-corrected chi connectivity index (χ1v) is 11.2. The van der Waals surface area contributed by atoms with E-state index in [1.54, 1.807) is 18.2 Å². The summed E-state index contributed by atoms with van der Waals surface area (Å²) in [6, 6.07) is 15.0. The molecule has 1 N–H and O–H groups in total. The molecule has 8 heteroatoms. The molecule has 0 saturated carbocycles. The normalized spacial score (nSPS) is 14.7. The molecule has 1 saturated heterocycles. The number of carbonyl (C=O) groups excluding carboxylic acids is 1. The number of anilines is 1. The molecule has 1 fully saturated rings. The van der Waals surface area contributed by atoms with Crippen molar-refractivity contribution >= 4 is 34.1 Å². The number of aromatic nitrogens is 3. The summed E-state index contributed by atoms with van der Waals surface area (Å²) in [6.45, 7) is 2.97. The fourth-order valence-corrected chi connectivity index (χ4v) is 4.39. The zero-order valence-electron chi connectivity index (χ0n) is 17.6. The van der Waals surface area contributed by atoms with E-state index in [-0.39, 0.29) is 12.5 Å². The van der Waals surface area contributed by atoms with E-state index in [2.05, 4.69) is 20.4 Å². The highest BCUT2D eigenvalue weighted by atomic mass is 35.5. The lowest BCUT2D eigenvalue weighted by Crippen LogP contribution is -2.29. The molecule has 2 aromatic carbocycles. The van der Waals surface area contributed by atoms with Gasteiger partial charge in [-0.25, -0.2) is 0 Å². The van der Waals surface area contributed by atoms with Gasteiger partial charge in [0.2, 0.25) is 17.7 Å². The third kappa shape index (κ3) is 4.54. The summed E-state index contributed by atoms with van der Waals surface area (Å²) >= 11 is 6.02. The highest BCUT2D eigenvalue weighted by Gasteiger charge is 2.19. The average Bonchev–Trinajstić information content (AvgIpc) is 3.39. The maximum absolute atomic E-state index is 12.7. The minimum absolute atomic E-state index is 0.143. The first kappa shape index (κ1) is 20.7. The summed E-state index contributed by atoms with van der Waals surface area (Å²) in [5, 5.41) is 13.0. The van der Waals surface area contributed by atoms with E-state index in [4.69, 9.17) is 16.0 Å². The van der Waals surface area contributed by atoms with Gasteiger partial charge in [0.05, 0.1) is 12.1 Å². The summed E-state index contributed by atoms with van der Waals surface area (Å²) in [5.41, 5.74) is 2.42. The van der Waals surface area contributed by atoms with Crippen LogP contribution in [-0.2, 0) is 17.9 Å². The topological polar surface area (TPSA) is 76.2 Å². The molecular formula is C24H24ClN5O2. The Morgan fingerprint density at radius 3 is 2.75 bits per heavy atom. The largest absolute Gasteiger partial charge is 0.419 e. The van der Waals surface area contributed by atoms with Crippen LogP contribution in [0.2, 0.25) is 5.02 Å². The van der Waals surface area contributed by atoms with Crippen molar-refractivity contribution in [1.29, 1.82) is 0 Å². The number of amides is 1. The van der Waals surface area contributed by atoms with Crippen LogP contribution in [0.25, 0.3) is 22.4 Å². The van der Waals surface area contributed by atoms with Crippen LogP contribution in [0.4, 0.5) is 5.69 Å². The molecule has 2 aromatic heterocycles. The second-order valence-corrected chi connectivity index (χ2v) is 8.52. The number of carbonyl (C=O) groups is 1. The summed E-state index contributed by atoms with van der Waals surface area (Å²) in [5.74, 6) is 0.954. The number of halogens is 1. The number of benzene rings is 2. The van der Waals surface area contributed by atoms with Crippen molar-refractivity contribution in [2.75, 3.05) is 18.4 Å². The smallest absolute Gasteiger partial charge is 0.249 e. The van der Waals surface area contributed by atoms with Crippen LogP contribution in [0.3, 0.4) is 0 Å². The van der Waals surface area contributed by atoms with Crippen LogP contribution in [0.1, 0.15) is 25.2 Å². The van der Waals surface area contributed by atoms with Gasteiger partial charge >= 0.3 is 0 Å². The van der Waals surface area contributed by atoms with E-state index >= 15 is 0 Å². The second kappa shape index (κ2) is 9.14. The molecule has 0 unspecified atom stereocenters. The van der Waals surface area contributed by atoms with Crippen molar-refractivity contribution < 1.29 is 9.21 Å². The van der Waals surface area contributed by atoms with Gasteiger partial charge in [-0.05, 0) is 50.2 Å². The molecule has 0 aliphatic carbocycles. The Balaban J connectivity index is 1.37. The fourth-order valence-electron chi connectivity index (χ4n) is 4.20.